The smallest absolute Gasteiger partial charge is 0.266 e. The third-order valence-electron chi connectivity index (χ3n) is 4.04. The molecule has 0 aliphatic carbocycles. The van der Waals surface area contributed by atoms with Crippen LogP contribution in [-0.4, -0.2) is 49.9 Å². The number of rotatable bonds is 4. The monoisotopic (exact) mass is 337 g/mol. The van der Waals surface area contributed by atoms with Crippen LogP contribution in [0.4, 0.5) is 0 Å². The molecule has 0 radical (unpaired) electrons. The number of aryl methyl sites for hydroxylation is 1. The Morgan fingerprint density at radius 1 is 1.35 bits per heavy atom. The minimum atomic E-state index is -3.82. The largest absolute Gasteiger partial charge is 0.379 e. The van der Waals surface area contributed by atoms with Gasteiger partial charge in [-0.15, -0.1) is 0 Å². The van der Waals surface area contributed by atoms with E-state index in [4.69, 9.17) is 10.5 Å². The first kappa shape index (κ1) is 16.0. The maximum Gasteiger partial charge on any atom is 0.266 e. The van der Waals surface area contributed by atoms with E-state index in [0.717, 1.165) is 12.0 Å². The molecule has 3 rings (SSSR count). The highest BCUT2D eigenvalue weighted by Gasteiger charge is 2.33. The minimum absolute atomic E-state index is 0.0304. The van der Waals surface area contributed by atoms with Crippen LogP contribution in [0.5, 0.6) is 0 Å². The van der Waals surface area contributed by atoms with Crippen molar-refractivity contribution in [2.24, 2.45) is 5.73 Å². The number of aromatic nitrogens is 1. The zero-order valence-corrected chi connectivity index (χ0v) is 13.6. The van der Waals surface area contributed by atoms with Crippen molar-refractivity contribution in [3.63, 3.8) is 0 Å². The number of nitrogens with one attached hydrogen (secondary N) is 1. The second-order valence-corrected chi connectivity index (χ2v) is 7.32. The van der Waals surface area contributed by atoms with Crippen molar-refractivity contribution in [1.29, 1.82) is 0 Å². The SMILES string of the molecule is CCc1ccc2[nH]c(C(N)=O)c(S(=O)(=O)N3CCOCC3)c2c1. The number of H-pyrrole nitrogens is 1. The van der Waals surface area contributed by atoms with Gasteiger partial charge in [-0.3, -0.25) is 4.79 Å². The van der Waals surface area contributed by atoms with Crippen molar-refractivity contribution >= 4 is 26.8 Å². The molecule has 23 heavy (non-hydrogen) atoms. The highest BCUT2D eigenvalue weighted by atomic mass is 32.2. The quantitative estimate of drug-likeness (QED) is 0.862. The summed E-state index contributed by atoms with van der Waals surface area (Å²) in [4.78, 5) is 14.6. The summed E-state index contributed by atoms with van der Waals surface area (Å²) in [5.41, 5.74) is 6.91. The summed E-state index contributed by atoms with van der Waals surface area (Å²) in [5.74, 6) is -0.786. The molecule has 1 aliphatic rings. The summed E-state index contributed by atoms with van der Waals surface area (Å²) in [5, 5.41) is 0.504. The average molecular weight is 337 g/mol. The summed E-state index contributed by atoms with van der Waals surface area (Å²) in [6, 6.07) is 5.47. The zero-order chi connectivity index (χ0) is 16.6. The van der Waals surface area contributed by atoms with Crippen LogP contribution in [0.3, 0.4) is 0 Å². The Morgan fingerprint density at radius 3 is 2.65 bits per heavy atom. The molecule has 8 heteroatoms. The number of nitrogens with zero attached hydrogens (tertiary/aromatic N) is 1. The predicted octanol–water partition coefficient (Wildman–Crippen LogP) is 0.850. The molecular weight excluding hydrogens is 318 g/mol. The molecule has 2 heterocycles. The van der Waals surface area contributed by atoms with Gasteiger partial charge in [0.05, 0.1) is 13.2 Å². The fourth-order valence-corrected chi connectivity index (χ4v) is 4.54. The van der Waals surface area contributed by atoms with E-state index in [-0.39, 0.29) is 23.7 Å². The number of ether oxygens (including phenoxy) is 1. The molecule has 1 amide bonds. The molecule has 1 aromatic carbocycles. The number of hydrogen-bond donors (Lipinski definition) is 2. The van der Waals surface area contributed by atoms with Gasteiger partial charge in [-0.2, -0.15) is 4.31 Å². The summed E-state index contributed by atoms with van der Waals surface area (Å²) in [6.07, 6.45) is 0.768. The Labute approximate surface area is 134 Å². The van der Waals surface area contributed by atoms with Gasteiger partial charge in [-0.25, -0.2) is 8.42 Å². The molecule has 0 saturated carbocycles. The maximum atomic E-state index is 13.0. The van der Waals surface area contributed by atoms with E-state index in [1.807, 2.05) is 13.0 Å². The topological polar surface area (TPSA) is 105 Å². The van der Waals surface area contributed by atoms with Gasteiger partial charge in [-0.1, -0.05) is 13.0 Å². The van der Waals surface area contributed by atoms with Crippen molar-refractivity contribution in [3.05, 3.63) is 29.5 Å². The molecule has 124 valence electrons. The van der Waals surface area contributed by atoms with Crippen molar-refractivity contribution in [2.45, 2.75) is 18.2 Å². The van der Waals surface area contributed by atoms with Gasteiger partial charge >= 0.3 is 0 Å². The third-order valence-corrected chi connectivity index (χ3v) is 6.02. The van der Waals surface area contributed by atoms with Gasteiger partial charge in [0.2, 0.25) is 10.0 Å². The van der Waals surface area contributed by atoms with Gasteiger partial charge < -0.3 is 15.5 Å². The lowest BCUT2D eigenvalue weighted by Gasteiger charge is -2.26. The lowest BCUT2D eigenvalue weighted by molar-refractivity contribution is 0.0730. The first-order chi connectivity index (χ1) is 10.9. The van der Waals surface area contributed by atoms with Crippen LogP contribution >= 0.6 is 0 Å². The number of primary amides is 1. The number of sulfonamides is 1. The van der Waals surface area contributed by atoms with Crippen LogP contribution in [0, 0.1) is 0 Å². The summed E-state index contributed by atoms with van der Waals surface area (Å²) < 4.78 is 32.6. The highest BCUT2D eigenvalue weighted by Crippen LogP contribution is 2.30. The van der Waals surface area contributed by atoms with Crippen LogP contribution in [0.2, 0.25) is 0 Å². The van der Waals surface area contributed by atoms with E-state index < -0.39 is 15.9 Å². The molecule has 0 unspecified atom stereocenters. The lowest BCUT2D eigenvalue weighted by Crippen LogP contribution is -2.41. The Morgan fingerprint density at radius 2 is 2.04 bits per heavy atom. The first-order valence-electron chi connectivity index (χ1n) is 7.47. The van der Waals surface area contributed by atoms with Crippen LogP contribution in [0.1, 0.15) is 23.0 Å². The summed E-state index contributed by atoms with van der Waals surface area (Å²) >= 11 is 0. The fraction of sp³-hybridized carbons (Fsp3) is 0.400. The van der Waals surface area contributed by atoms with Crippen molar-refractivity contribution in [1.82, 2.24) is 9.29 Å². The maximum absolute atomic E-state index is 13.0. The number of benzene rings is 1. The number of hydrogen-bond acceptors (Lipinski definition) is 4. The van der Waals surface area contributed by atoms with Crippen LogP contribution in [0.15, 0.2) is 23.1 Å². The van der Waals surface area contributed by atoms with Crippen LogP contribution in [0.25, 0.3) is 10.9 Å². The van der Waals surface area contributed by atoms with E-state index in [1.165, 1.54) is 4.31 Å². The zero-order valence-electron chi connectivity index (χ0n) is 12.8. The standard InChI is InChI=1S/C15H19N3O4S/c1-2-10-3-4-12-11(9-10)14(13(17-12)15(16)19)23(20,21)18-5-7-22-8-6-18/h3-4,9,17H,2,5-8H2,1H3,(H2,16,19). The molecule has 1 saturated heterocycles. The van der Waals surface area contributed by atoms with Crippen LogP contribution < -0.4 is 5.73 Å². The normalized spacial score (nSPS) is 16.7. The molecule has 1 fully saturated rings. The second kappa shape index (κ2) is 5.95. The van der Waals surface area contributed by atoms with Gasteiger partial charge in [0, 0.05) is 24.0 Å². The Hall–Kier alpha value is -1.90. The van der Waals surface area contributed by atoms with E-state index in [1.54, 1.807) is 12.1 Å². The number of amides is 1. The molecule has 1 aliphatic heterocycles. The molecule has 3 N–H and O–H groups in total. The molecular formula is C15H19N3O4S. The second-order valence-electron chi connectivity index (χ2n) is 5.44. The number of fused-ring (bicyclic) bond motifs is 1. The van der Waals surface area contributed by atoms with E-state index in [9.17, 15) is 13.2 Å². The first-order valence-corrected chi connectivity index (χ1v) is 8.91. The fourth-order valence-electron chi connectivity index (χ4n) is 2.79. The molecule has 7 nitrogen and oxygen atoms in total. The Kier molecular flexibility index (Phi) is 4.13. The van der Waals surface area contributed by atoms with Gasteiger partial charge in [0.25, 0.3) is 5.91 Å². The number of morpholine rings is 1. The average Bonchev–Trinajstić information content (AvgIpc) is 2.95. The third kappa shape index (κ3) is 2.73. The molecule has 0 bridgehead atoms. The van der Waals surface area contributed by atoms with Gasteiger partial charge in [-0.05, 0) is 24.1 Å². The van der Waals surface area contributed by atoms with Crippen molar-refractivity contribution in [3.8, 4) is 0 Å². The molecule has 2 aromatic rings. The van der Waals surface area contributed by atoms with E-state index in [0.29, 0.717) is 24.1 Å². The summed E-state index contributed by atoms with van der Waals surface area (Å²) in [6.45, 7) is 3.20. The van der Waals surface area contributed by atoms with Gasteiger partial charge in [0.1, 0.15) is 10.6 Å². The number of carbonyl (C=O) groups is 1. The lowest BCUT2D eigenvalue weighted by atomic mass is 10.1. The predicted molar refractivity (Wildman–Crippen MR) is 85.8 cm³/mol. The minimum Gasteiger partial charge on any atom is -0.379 e. The van der Waals surface area contributed by atoms with E-state index >= 15 is 0 Å². The number of aromatic amines is 1. The van der Waals surface area contributed by atoms with Crippen LogP contribution in [-0.2, 0) is 21.2 Å². The molecule has 0 atom stereocenters. The van der Waals surface area contributed by atoms with E-state index in [2.05, 4.69) is 4.98 Å². The van der Waals surface area contributed by atoms with Crippen molar-refractivity contribution < 1.29 is 17.9 Å². The number of carbonyl (C=O) groups excluding carboxylic acids is 1. The Balaban J connectivity index is 2.24. The molecule has 1 aromatic heterocycles. The van der Waals surface area contributed by atoms with Crippen molar-refractivity contribution in [2.75, 3.05) is 26.3 Å². The molecule has 0 spiro atoms. The summed E-state index contributed by atoms with van der Waals surface area (Å²) in [7, 11) is -3.82. The van der Waals surface area contributed by atoms with Gasteiger partial charge in [0.15, 0.2) is 0 Å². The highest BCUT2D eigenvalue weighted by molar-refractivity contribution is 7.89. The Bertz CT molecular complexity index is 851. The number of nitrogens with two attached hydrogens (primary N) is 1.